The Bertz CT molecular complexity index is 888. The lowest BCUT2D eigenvalue weighted by Crippen LogP contribution is -2.34. The quantitative estimate of drug-likeness (QED) is 0.860. The van der Waals surface area contributed by atoms with E-state index in [0.29, 0.717) is 23.0 Å². The van der Waals surface area contributed by atoms with E-state index >= 15 is 0 Å². The van der Waals surface area contributed by atoms with Crippen LogP contribution in [-0.4, -0.2) is 40.5 Å². The second kappa shape index (κ2) is 7.44. The molecule has 0 aliphatic carbocycles. The number of hydrogen-bond acceptors (Lipinski definition) is 6. The van der Waals surface area contributed by atoms with Gasteiger partial charge in [0, 0.05) is 43.4 Å². The summed E-state index contributed by atoms with van der Waals surface area (Å²) in [7, 11) is 1.53. The Morgan fingerprint density at radius 2 is 1.88 bits per heavy atom. The summed E-state index contributed by atoms with van der Waals surface area (Å²) in [6.45, 7) is 1.45. The molecule has 0 bridgehead atoms. The highest BCUT2D eigenvalue weighted by Gasteiger charge is 2.22. The molecule has 1 aliphatic rings. The van der Waals surface area contributed by atoms with Gasteiger partial charge in [0.15, 0.2) is 5.13 Å². The van der Waals surface area contributed by atoms with Crippen LogP contribution in [0.25, 0.3) is 11.3 Å². The maximum absolute atomic E-state index is 12.3. The Labute approximate surface area is 153 Å². The minimum atomic E-state index is -0.355. The van der Waals surface area contributed by atoms with Gasteiger partial charge in [0.2, 0.25) is 11.8 Å². The SMILES string of the molecule is CC(=O)Nc1ccc(-c2csc(NC(=O)C3=NN(C)C(=O)CC3)n2)cc1. The van der Waals surface area contributed by atoms with Gasteiger partial charge in [0.25, 0.3) is 5.91 Å². The van der Waals surface area contributed by atoms with Gasteiger partial charge in [0.1, 0.15) is 5.71 Å². The van der Waals surface area contributed by atoms with Gasteiger partial charge in [-0.3, -0.25) is 19.7 Å². The fourth-order valence-electron chi connectivity index (χ4n) is 2.39. The largest absolute Gasteiger partial charge is 0.326 e. The van der Waals surface area contributed by atoms with Gasteiger partial charge in [-0.25, -0.2) is 9.99 Å². The molecule has 0 fully saturated rings. The van der Waals surface area contributed by atoms with E-state index in [4.69, 9.17) is 0 Å². The summed E-state index contributed by atoms with van der Waals surface area (Å²) in [6, 6.07) is 7.27. The molecule has 0 unspecified atom stereocenters. The van der Waals surface area contributed by atoms with Crippen LogP contribution in [0, 0.1) is 0 Å². The summed E-state index contributed by atoms with van der Waals surface area (Å²) in [6.07, 6.45) is 0.588. The molecular formula is C17H17N5O3S. The van der Waals surface area contributed by atoms with Crippen molar-refractivity contribution in [2.24, 2.45) is 5.10 Å². The molecule has 2 heterocycles. The number of hydrazone groups is 1. The number of nitrogens with one attached hydrogen (secondary N) is 2. The smallest absolute Gasteiger partial charge is 0.273 e. The van der Waals surface area contributed by atoms with E-state index in [9.17, 15) is 14.4 Å². The number of aromatic nitrogens is 1. The first-order valence-electron chi connectivity index (χ1n) is 7.91. The molecule has 9 heteroatoms. The summed E-state index contributed by atoms with van der Waals surface area (Å²) >= 11 is 1.30. The molecule has 3 amide bonds. The molecule has 0 atom stereocenters. The molecule has 134 valence electrons. The van der Waals surface area contributed by atoms with Crippen LogP contribution in [0.4, 0.5) is 10.8 Å². The van der Waals surface area contributed by atoms with Crippen LogP contribution in [0.2, 0.25) is 0 Å². The van der Waals surface area contributed by atoms with E-state index in [-0.39, 0.29) is 24.1 Å². The molecule has 2 aromatic rings. The van der Waals surface area contributed by atoms with Crippen LogP contribution in [0.15, 0.2) is 34.7 Å². The monoisotopic (exact) mass is 371 g/mol. The number of nitrogens with zero attached hydrogens (tertiary/aromatic N) is 3. The van der Waals surface area contributed by atoms with E-state index in [1.165, 1.54) is 30.3 Å². The first-order chi connectivity index (χ1) is 12.4. The van der Waals surface area contributed by atoms with Crippen molar-refractivity contribution in [3.8, 4) is 11.3 Å². The van der Waals surface area contributed by atoms with Crippen molar-refractivity contribution < 1.29 is 14.4 Å². The van der Waals surface area contributed by atoms with Gasteiger partial charge < -0.3 is 5.32 Å². The molecule has 1 aromatic carbocycles. The predicted molar refractivity (Wildman–Crippen MR) is 99.9 cm³/mol. The fraction of sp³-hybridized carbons (Fsp3) is 0.235. The predicted octanol–water partition coefficient (Wildman–Crippen LogP) is 2.32. The molecule has 8 nitrogen and oxygen atoms in total. The van der Waals surface area contributed by atoms with E-state index in [2.05, 4.69) is 20.7 Å². The van der Waals surface area contributed by atoms with Crippen LogP contribution >= 0.6 is 11.3 Å². The number of hydrogen-bond donors (Lipinski definition) is 2. The summed E-state index contributed by atoms with van der Waals surface area (Å²) in [5, 5.41) is 12.9. The van der Waals surface area contributed by atoms with Crippen LogP contribution in [-0.2, 0) is 14.4 Å². The molecular weight excluding hydrogens is 354 g/mol. The molecule has 0 radical (unpaired) electrons. The van der Waals surface area contributed by atoms with Gasteiger partial charge >= 0.3 is 0 Å². The first-order valence-corrected chi connectivity index (χ1v) is 8.79. The second-order valence-electron chi connectivity index (χ2n) is 5.71. The van der Waals surface area contributed by atoms with Gasteiger partial charge in [0.05, 0.1) is 5.69 Å². The first kappa shape index (κ1) is 17.7. The number of amides is 3. The maximum atomic E-state index is 12.3. The molecule has 1 aliphatic heterocycles. The Morgan fingerprint density at radius 3 is 2.54 bits per heavy atom. The highest BCUT2D eigenvalue weighted by molar-refractivity contribution is 7.14. The lowest BCUT2D eigenvalue weighted by molar-refractivity contribution is -0.130. The molecule has 0 spiro atoms. The van der Waals surface area contributed by atoms with Gasteiger partial charge in [-0.05, 0) is 12.1 Å². The van der Waals surface area contributed by atoms with Crippen LogP contribution in [0.5, 0.6) is 0 Å². The van der Waals surface area contributed by atoms with Crippen LogP contribution in [0.1, 0.15) is 19.8 Å². The molecule has 0 saturated carbocycles. The Hall–Kier alpha value is -3.07. The maximum Gasteiger partial charge on any atom is 0.273 e. The van der Waals surface area contributed by atoms with Crippen molar-refractivity contribution in [3.63, 3.8) is 0 Å². The Morgan fingerprint density at radius 1 is 1.15 bits per heavy atom. The summed E-state index contributed by atoms with van der Waals surface area (Å²) in [4.78, 5) is 39.1. The fourth-order valence-corrected chi connectivity index (χ4v) is 3.11. The van der Waals surface area contributed by atoms with Crippen molar-refractivity contribution >= 4 is 45.6 Å². The number of carbonyl (C=O) groups is 3. The molecule has 0 saturated heterocycles. The number of benzene rings is 1. The van der Waals surface area contributed by atoms with Crippen molar-refractivity contribution in [2.75, 3.05) is 17.7 Å². The lowest BCUT2D eigenvalue weighted by Gasteiger charge is -2.18. The second-order valence-corrected chi connectivity index (χ2v) is 6.57. The van der Waals surface area contributed by atoms with Crippen molar-refractivity contribution in [1.29, 1.82) is 0 Å². The average molecular weight is 371 g/mol. The third-order valence-electron chi connectivity index (χ3n) is 3.70. The van der Waals surface area contributed by atoms with E-state index in [1.807, 2.05) is 17.5 Å². The molecule has 3 rings (SSSR count). The Balaban J connectivity index is 1.68. The number of anilines is 2. The van der Waals surface area contributed by atoms with Gasteiger partial charge in [-0.15, -0.1) is 11.3 Å². The van der Waals surface area contributed by atoms with E-state index in [1.54, 1.807) is 12.1 Å². The number of thiazole rings is 1. The van der Waals surface area contributed by atoms with E-state index < -0.39 is 0 Å². The summed E-state index contributed by atoms with van der Waals surface area (Å²) in [5.74, 6) is -0.596. The van der Waals surface area contributed by atoms with E-state index in [0.717, 1.165) is 11.3 Å². The molecule has 26 heavy (non-hydrogen) atoms. The zero-order chi connectivity index (χ0) is 18.7. The molecule has 1 aromatic heterocycles. The van der Waals surface area contributed by atoms with Crippen molar-refractivity contribution in [1.82, 2.24) is 9.99 Å². The zero-order valence-electron chi connectivity index (χ0n) is 14.3. The van der Waals surface area contributed by atoms with Crippen molar-refractivity contribution in [3.05, 3.63) is 29.6 Å². The number of carbonyl (C=O) groups excluding carboxylic acids is 3. The van der Waals surface area contributed by atoms with Gasteiger partial charge in [-0.2, -0.15) is 5.10 Å². The Kier molecular flexibility index (Phi) is 5.08. The highest BCUT2D eigenvalue weighted by atomic mass is 32.1. The molecule has 2 N–H and O–H groups in total. The minimum Gasteiger partial charge on any atom is -0.326 e. The van der Waals surface area contributed by atoms with Gasteiger partial charge in [-0.1, -0.05) is 12.1 Å². The van der Waals surface area contributed by atoms with Crippen LogP contribution in [0.3, 0.4) is 0 Å². The summed E-state index contributed by atoms with van der Waals surface area (Å²) < 4.78 is 0. The van der Waals surface area contributed by atoms with Crippen molar-refractivity contribution in [2.45, 2.75) is 19.8 Å². The standard InChI is InChI=1S/C17H17N5O3S/c1-10(23)18-12-5-3-11(4-6-12)14-9-26-17(19-14)20-16(25)13-7-8-15(24)22(2)21-13/h3-6,9H,7-8H2,1-2H3,(H,18,23)(H,19,20,25). The van der Waals surface area contributed by atoms with Crippen LogP contribution < -0.4 is 10.6 Å². The number of rotatable bonds is 4. The lowest BCUT2D eigenvalue weighted by atomic mass is 10.1. The third kappa shape index (κ3) is 4.12. The highest BCUT2D eigenvalue weighted by Crippen LogP contribution is 2.26. The third-order valence-corrected chi connectivity index (χ3v) is 4.45. The minimum absolute atomic E-state index is 0.110. The normalized spacial score (nSPS) is 14.0. The summed E-state index contributed by atoms with van der Waals surface area (Å²) in [5.41, 5.74) is 2.61. The topological polar surface area (TPSA) is 104 Å². The zero-order valence-corrected chi connectivity index (χ0v) is 15.1. The average Bonchev–Trinajstić information content (AvgIpc) is 3.06.